The van der Waals surface area contributed by atoms with E-state index in [1.807, 2.05) is 33.0 Å². The minimum Gasteiger partial charge on any atom is -0.338 e. The largest absolute Gasteiger partial charge is 0.338 e. The highest BCUT2D eigenvalue weighted by atomic mass is 16.2. The second-order valence-corrected chi connectivity index (χ2v) is 7.96. The maximum atomic E-state index is 13.1. The molecule has 1 heterocycles. The zero-order chi connectivity index (χ0) is 19.3. The molecule has 0 aromatic heterocycles. The van der Waals surface area contributed by atoms with Crippen molar-refractivity contribution in [2.24, 2.45) is 11.8 Å². The third-order valence-electron chi connectivity index (χ3n) is 5.59. The normalized spacial score (nSPS) is 26.5. The van der Waals surface area contributed by atoms with Crippen LogP contribution in [-0.2, 0) is 9.59 Å². The van der Waals surface area contributed by atoms with Crippen molar-refractivity contribution in [2.75, 3.05) is 47.3 Å². The van der Waals surface area contributed by atoms with Gasteiger partial charge in [0.2, 0.25) is 5.91 Å². The highest BCUT2D eigenvalue weighted by Crippen LogP contribution is 2.36. The Labute approximate surface area is 157 Å². The number of nitrogens with zero attached hydrogens (tertiary/aromatic N) is 3. The van der Waals surface area contributed by atoms with E-state index in [-0.39, 0.29) is 23.8 Å². The Morgan fingerprint density at radius 1 is 1.27 bits per heavy atom. The lowest BCUT2D eigenvalue weighted by molar-refractivity contribution is -0.138. The number of carbonyl (C=O) groups excluding carboxylic acids is 3. The van der Waals surface area contributed by atoms with Gasteiger partial charge in [0.25, 0.3) is 0 Å². The first-order valence-electron chi connectivity index (χ1n) is 9.79. The topological polar surface area (TPSA) is 73.0 Å². The van der Waals surface area contributed by atoms with Crippen LogP contribution in [-0.4, -0.2) is 85.8 Å². The standard InChI is InChI=1S/C19H34N4O3/c1-5-20-19(26)23(10-6-9-21(2)3)18(25)15-11-14-12-16(24)7-8-17(14)22(4)13-15/h14-15,17H,5-13H2,1-4H3,(H,20,26). The van der Waals surface area contributed by atoms with Crippen LogP contribution in [0.4, 0.5) is 4.79 Å². The highest BCUT2D eigenvalue weighted by molar-refractivity contribution is 5.95. The van der Waals surface area contributed by atoms with Crippen LogP contribution >= 0.6 is 0 Å². The smallest absolute Gasteiger partial charge is 0.324 e. The molecular weight excluding hydrogens is 332 g/mol. The third-order valence-corrected chi connectivity index (χ3v) is 5.59. The lowest BCUT2D eigenvalue weighted by atomic mass is 9.74. The van der Waals surface area contributed by atoms with Gasteiger partial charge in [0.05, 0.1) is 5.92 Å². The molecule has 7 heteroatoms. The number of rotatable bonds is 6. The summed E-state index contributed by atoms with van der Waals surface area (Å²) in [6.07, 6.45) is 3.58. The van der Waals surface area contributed by atoms with Crippen LogP contribution in [0.5, 0.6) is 0 Å². The van der Waals surface area contributed by atoms with Gasteiger partial charge in [-0.3, -0.25) is 14.5 Å². The first kappa shape index (κ1) is 20.8. The molecule has 2 fully saturated rings. The predicted octanol–water partition coefficient (Wildman–Crippen LogP) is 1.19. The van der Waals surface area contributed by atoms with Crippen molar-refractivity contribution in [1.29, 1.82) is 0 Å². The van der Waals surface area contributed by atoms with E-state index in [2.05, 4.69) is 10.2 Å². The number of urea groups is 1. The Morgan fingerprint density at radius 2 is 2.00 bits per heavy atom. The number of Topliss-reactive ketones (excluding diaryl/α,β-unsaturated/α-hetero) is 1. The van der Waals surface area contributed by atoms with E-state index in [4.69, 9.17) is 0 Å². The second-order valence-electron chi connectivity index (χ2n) is 7.96. The fourth-order valence-electron chi connectivity index (χ4n) is 4.32. The van der Waals surface area contributed by atoms with Crippen LogP contribution in [0.25, 0.3) is 0 Å². The molecule has 1 saturated carbocycles. The minimum atomic E-state index is -0.305. The summed E-state index contributed by atoms with van der Waals surface area (Å²) in [7, 11) is 6.00. The molecule has 0 aromatic carbocycles. The number of fused-ring (bicyclic) bond motifs is 1. The quantitative estimate of drug-likeness (QED) is 0.764. The van der Waals surface area contributed by atoms with Crippen LogP contribution < -0.4 is 5.32 Å². The predicted molar refractivity (Wildman–Crippen MR) is 101 cm³/mol. The molecule has 3 amide bonds. The summed E-state index contributed by atoms with van der Waals surface area (Å²) in [5.74, 6) is 0.230. The number of hydrogen-bond donors (Lipinski definition) is 1. The minimum absolute atomic E-state index is 0.0990. The van der Waals surface area contributed by atoms with Crippen molar-refractivity contribution in [3.8, 4) is 0 Å². The zero-order valence-electron chi connectivity index (χ0n) is 16.7. The molecule has 148 valence electrons. The molecular formula is C19H34N4O3. The fourth-order valence-corrected chi connectivity index (χ4v) is 4.32. The SMILES string of the molecule is CCNC(=O)N(CCCN(C)C)C(=O)C1CC2CC(=O)CCC2N(C)C1. The summed E-state index contributed by atoms with van der Waals surface area (Å²) in [4.78, 5) is 43.1. The van der Waals surface area contributed by atoms with Crippen molar-refractivity contribution in [2.45, 2.75) is 45.1 Å². The number of nitrogens with one attached hydrogen (secondary N) is 1. The van der Waals surface area contributed by atoms with Gasteiger partial charge < -0.3 is 15.1 Å². The number of piperidine rings is 1. The molecule has 2 rings (SSSR count). The summed E-state index contributed by atoms with van der Waals surface area (Å²) in [6.45, 7) is 4.27. The molecule has 3 atom stereocenters. The molecule has 0 bridgehead atoms. The van der Waals surface area contributed by atoms with Gasteiger partial charge >= 0.3 is 6.03 Å². The van der Waals surface area contributed by atoms with Crippen LogP contribution in [0.2, 0.25) is 0 Å². The number of likely N-dealkylation sites (tertiary alicyclic amines) is 1. The van der Waals surface area contributed by atoms with Gasteiger partial charge in [0, 0.05) is 38.5 Å². The Morgan fingerprint density at radius 3 is 2.65 bits per heavy atom. The Balaban J connectivity index is 2.05. The summed E-state index contributed by atoms with van der Waals surface area (Å²) < 4.78 is 0. The van der Waals surface area contributed by atoms with Crippen LogP contribution in [0.15, 0.2) is 0 Å². The van der Waals surface area contributed by atoms with Gasteiger partial charge in [-0.25, -0.2) is 4.79 Å². The number of hydrogen-bond acceptors (Lipinski definition) is 5. The van der Waals surface area contributed by atoms with Crippen LogP contribution in [0.1, 0.15) is 39.0 Å². The molecule has 0 radical (unpaired) electrons. The van der Waals surface area contributed by atoms with E-state index < -0.39 is 0 Å². The Bertz CT molecular complexity index is 523. The first-order chi connectivity index (χ1) is 12.3. The van der Waals surface area contributed by atoms with Gasteiger partial charge in [-0.1, -0.05) is 0 Å². The average Bonchev–Trinajstić information content (AvgIpc) is 2.57. The second kappa shape index (κ2) is 9.46. The molecule has 2 aliphatic rings. The molecule has 0 spiro atoms. The highest BCUT2D eigenvalue weighted by Gasteiger charge is 2.42. The molecule has 0 aromatic rings. The maximum Gasteiger partial charge on any atom is 0.324 e. The molecule has 1 aliphatic heterocycles. The first-order valence-corrected chi connectivity index (χ1v) is 9.79. The van der Waals surface area contributed by atoms with Crippen molar-refractivity contribution in [3.05, 3.63) is 0 Å². The summed E-state index contributed by atoms with van der Waals surface area (Å²) in [5, 5.41) is 2.76. The maximum absolute atomic E-state index is 13.1. The van der Waals surface area contributed by atoms with Gasteiger partial charge in [0.15, 0.2) is 0 Å². The summed E-state index contributed by atoms with van der Waals surface area (Å²) >= 11 is 0. The van der Waals surface area contributed by atoms with E-state index in [0.29, 0.717) is 50.7 Å². The van der Waals surface area contributed by atoms with E-state index in [0.717, 1.165) is 19.4 Å². The zero-order valence-corrected chi connectivity index (χ0v) is 16.7. The van der Waals surface area contributed by atoms with Crippen molar-refractivity contribution < 1.29 is 14.4 Å². The number of imide groups is 1. The Kier molecular flexibility index (Phi) is 7.58. The Hall–Kier alpha value is -1.47. The monoisotopic (exact) mass is 366 g/mol. The summed E-state index contributed by atoms with van der Waals surface area (Å²) in [6, 6.07) is 0.0872. The van der Waals surface area contributed by atoms with Crippen molar-refractivity contribution in [3.63, 3.8) is 0 Å². The van der Waals surface area contributed by atoms with Gasteiger partial charge in [-0.2, -0.15) is 0 Å². The van der Waals surface area contributed by atoms with Crippen LogP contribution in [0.3, 0.4) is 0 Å². The molecule has 7 nitrogen and oxygen atoms in total. The summed E-state index contributed by atoms with van der Waals surface area (Å²) in [5.41, 5.74) is 0. The van der Waals surface area contributed by atoms with Gasteiger partial charge in [0.1, 0.15) is 5.78 Å². The van der Waals surface area contributed by atoms with Crippen LogP contribution in [0, 0.1) is 11.8 Å². The lowest BCUT2D eigenvalue weighted by Gasteiger charge is -2.45. The van der Waals surface area contributed by atoms with Crippen molar-refractivity contribution in [1.82, 2.24) is 20.0 Å². The number of amides is 3. The van der Waals surface area contributed by atoms with E-state index in [1.54, 1.807) is 0 Å². The van der Waals surface area contributed by atoms with Gasteiger partial charge in [-0.05, 0) is 59.8 Å². The molecule has 1 aliphatic carbocycles. The van der Waals surface area contributed by atoms with E-state index >= 15 is 0 Å². The average molecular weight is 367 g/mol. The number of carbonyl (C=O) groups is 3. The molecule has 3 unspecified atom stereocenters. The van der Waals surface area contributed by atoms with E-state index in [9.17, 15) is 14.4 Å². The molecule has 1 saturated heterocycles. The fraction of sp³-hybridized carbons (Fsp3) is 0.842. The van der Waals surface area contributed by atoms with E-state index in [1.165, 1.54) is 4.90 Å². The van der Waals surface area contributed by atoms with Crippen molar-refractivity contribution >= 4 is 17.7 Å². The lowest BCUT2D eigenvalue weighted by Crippen LogP contribution is -2.55. The molecule has 26 heavy (non-hydrogen) atoms. The van der Waals surface area contributed by atoms with Gasteiger partial charge in [-0.15, -0.1) is 0 Å². The molecule has 1 N–H and O–H groups in total. The number of ketones is 1. The third kappa shape index (κ3) is 5.27.